The Morgan fingerprint density at radius 1 is 1.29 bits per heavy atom. The summed E-state index contributed by atoms with van der Waals surface area (Å²) in [5, 5.41) is 8.68. The lowest BCUT2D eigenvalue weighted by molar-refractivity contribution is 0.518. The Balaban J connectivity index is 2.51. The Bertz CT molecular complexity index is 579. The maximum Gasteiger partial charge on any atom is 0.0837 e. The molecule has 0 spiro atoms. The summed E-state index contributed by atoms with van der Waals surface area (Å²) in [4.78, 5) is 4.24. The van der Waals surface area contributed by atoms with Crippen molar-refractivity contribution >= 4 is 11.6 Å². The van der Waals surface area contributed by atoms with E-state index in [4.69, 9.17) is 11.6 Å². The normalized spacial score (nSPS) is 12.6. The molecule has 2 aromatic heterocycles. The molecule has 0 saturated heterocycles. The summed E-state index contributed by atoms with van der Waals surface area (Å²) in [7, 11) is 0. The van der Waals surface area contributed by atoms with Gasteiger partial charge >= 0.3 is 0 Å². The largest absolute Gasteiger partial charge is 0.305 e. The second-order valence-corrected chi connectivity index (χ2v) is 5.43. The van der Waals surface area contributed by atoms with Gasteiger partial charge < -0.3 is 5.32 Å². The maximum atomic E-state index is 6.42. The summed E-state index contributed by atoms with van der Waals surface area (Å²) < 4.78 is 2.01. The lowest BCUT2D eigenvalue weighted by Crippen LogP contribution is -2.26. The van der Waals surface area contributed by atoms with Gasteiger partial charge in [0.1, 0.15) is 0 Å². The van der Waals surface area contributed by atoms with Crippen LogP contribution in [0.25, 0.3) is 0 Å². The molecule has 5 heteroatoms. The van der Waals surface area contributed by atoms with Gasteiger partial charge in [-0.15, -0.1) is 0 Å². The second-order valence-electron chi connectivity index (χ2n) is 5.02. The zero-order valence-electron chi connectivity index (χ0n) is 12.9. The first-order valence-corrected chi connectivity index (χ1v) is 7.98. The van der Waals surface area contributed by atoms with Crippen LogP contribution in [0.5, 0.6) is 0 Å². The Morgan fingerprint density at radius 2 is 2.10 bits per heavy atom. The van der Waals surface area contributed by atoms with E-state index in [-0.39, 0.29) is 6.04 Å². The third kappa shape index (κ3) is 3.44. The van der Waals surface area contributed by atoms with E-state index in [1.165, 1.54) is 11.1 Å². The number of pyridine rings is 1. The Labute approximate surface area is 131 Å². The van der Waals surface area contributed by atoms with Gasteiger partial charge in [-0.05, 0) is 36.6 Å². The predicted molar refractivity (Wildman–Crippen MR) is 86.7 cm³/mol. The van der Waals surface area contributed by atoms with Crippen LogP contribution in [0, 0.1) is 0 Å². The first-order valence-electron chi connectivity index (χ1n) is 7.60. The van der Waals surface area contributed by atoms with Gasteiger partial charge in [0, 0.05) is 18.9 Å². The summed E-state index contributed by atoms with van der Waals surface area (Å²) in [6.45, 7) is 8.13. The van der Waals surface area contributed by atoms with Crippen molar-refractivity contribution in [3.05, 3.63) is 46.5 Å². The molecule has 1 atom stereocenters. The van der Waals surface area contributed by atoms with Crippen LogP contribution >= 0.6 is 11.6 Å². The predicted octanol–water partition coefficient (Wildman–Crippen LogP) is 3.60. The minimum atomic E-state index is 0.0505. The summed E-state index contributed by atoms with van der Waals surface area (Å²) >= 11 is 6.42. The van der Waals surface area contributed by atoms with E-state index in [1.807, 2.05) is 17.1 Å². The lowest BCUT2D eigenvalue weighted by atomic mass is 9.98. The van der Waals surface area contributed by atoms with Crippen LogP contribution in [0.2, 0.25) is 5.02 Å². The Morgan fingerprint density at radius 3 is 2.76 bits per heavy atom. The number of nitrogens with one attached hydrogen (secondary N) is 1. The minimum absolute atomic E-state index is 0.0505. The molecule has 0 aromatic carbocycles. The fourth-order valence-electron chi connectivity index (χ4n) is 2.62. The summed E-state index contributed by atoms with van der Waals surface area (Å²) in [6, 6.07) is 2.13. The van der Waals surface area contributed by atoms with Crippen LogP contribution in [0.15, 0.2) is 24.7 Å². The van der Waals surface area contributed by atoms with Crippen LogP contribution < -0.4 is 5.32 Å². The third-order valence-electron chi connectivity index (χ3n) is 3.58. The summed E-state index contributed by atoms with van der Waals surface area (Å²) in [5.41, 5.74) is 3.51. The third-order valence-corrected chi connectivity index (χ3v) is 3.87. The van der Waals surface area contributed by atoms with E-state index in [0.29, 0.717) is 5.02 Å². The molecule has 21 heavy (non-hydrogen) atoms. The fraction of sp³-hybridized carbons (Fsp3) is 0.500. The van der Waals surface area contributed by atoms with Crippen LogP contribution in [-0.2, 0) is 13.0 Å². The van der Waals surface area contributed by atoms with E-state index in [1.54, 1.807) is 6.20 Å². The number of halogens is 1. The second kappa shape index (κ2) is 7.57. The lowest BCUT2D eigenvalue weighted by Gasteiger charge is -2.22. The molecule has 1 N–H and O–H groups in total. The van der Waals surface area contributed by atoms with E-state index in [9.17, 15) is 0 Å². The number of rotatable bonds is 7. The zero-order chi connectivity index (χ0) is 15.2. The van der Waals surface area contributed by atoms with Gasteiger partial charge in [0.25, 0.3) is 0 Å². The standard InChI is InChI=1S/C16H23ClN4/c1-4-9-21-16(14(17)11-20-21)15(19-6-3)13-7-8-18-10-12(13)5-2/h7-8,10-11,15,19H,4-6,9H2,1-3H3. The molecule has 0 amide bonds. The van der Waals surface area contributed by atoms with Crippen molar-refractivity contribution in [2.24, 2.45) is 0 Å². The molecule has 0 bridgehead atoms. The number of aryl methyl sites for hydroxylation is 2. The average molecular weight is 307 g/mol. The topological polar surface area (TPSA) is 42.7 Å². The molecule has 0 aliphatic rings. The molecule has 2 heterocycles. The molecular formula is C16H23ClN4. The minimum Gasteiger partial charge on any atom is -0.305 e. The van der Waals surface area contributed by atoms with Crippen molar-refractivity contribution < 1.29 is 0 Å². The molecule has 2 aromatic rings. The van der Waals surface area contributed by atoms with Gasteiger partial charge in [-0.3, -0.25) is 9.67 Å². The molecule has 0 radical (unpaired) electrons. The first kappa shape index (κ1) is 16.0. The highest BCUT2D eigenvalue weighted by Crippen LogP contribution is 2.30. The van der Waals surface area contributed by atoms with E-state index < -0.39 is 0 Å². The zero-order valence-corrected chi connectivity index (χ0v) is 13.7. The monoisotopic (exact) mass is 306 g/mol. The fourth-order valence-corrected chi connectivity index (χ4v) is 2.87. The van der Waals surface area contributed by atoms with E-state index >= 15 is 0 Å². The Kier molecular flexibility index (Phi) is 5.76. The van der Waals surface area contributed by atoms with Crippen molar-refractivity contribution in [1.82, 2.24) is 20.1 Å². The quantitative estimate of drug-likeness (QED) is 0.850. The molecule has 0 aliphatic carbocycles. The molecule has 0 fully saturated rings. The van der Waals surface area contributed by atoms with Crippen LogP contribution in [0.3, 0.4) is 0 Å². The highest BCUT2D eigenvalue weighted by Gasteiger charge is 2.23. The average Bonchev–Trinajstić information content (AvgIpc) is 2.86. The highest BCUT2D eigenvalue weighted by molar-refractivity contribution is 6.31. The highest BCUT2D eigenvalue weighted by atomic mass is 35.5. The Hall–Kier alpha value is -1.39. The number of aromatic nitrogens is 3. The molecule has 0 aliphatic heterocycles. The molecule has 4 nitrogen and oxygen atoms in total. The van der Waals surface area contributed by atoms with E-state index in [0.717, 1.165) is 31.6 Å². The first-order chi connectivity index (χ1) is 10.2. The van der Waals surface area contributed by atoms with Crippen molar-refractivity contribution in [2.45, 2.75) is 46.2 Å². The number of nitrogens with zero attached hydrogens (tertiary/aromatic N) is 3. The molecule has 0 saturated carbocycles. The van der Waals surface area contributed by atoms with Crippen molar-refractivity contribution in [2.75, 3.05) is 6.54 Å². The van der Waals surface area contributed by atoms with Gasteiger partial charge in [0.2, 0.25) is 0 Å². The van der Waals surface area contributed by atoms with Crippen LogP contribution in [0.4, 0.5) is 0 Å². The van der Waals surface area contributed by atoms with E-state index in [2.05, 4.69) is 42.2 Å². The maximum absolute atomic E-state index is 6.42. The van der Waals surface area contributed by atoms with Crippen LogP contribution in [0.1, 0.15) is 50.1 Å². The number of hydrogen-bond donors (Lipinski definition) is 1. The molecule has 1 unspecified atom stereocenters. The smallest absolute Gasteiger partial charge is 0.0837 e. The molecule has 2 rings (SSSR count). The van der Waals surface area contributed by atoms with Crippen molar-refractivity contribution in [3.63, 3.8) is 0 Å². The van der Waals surface area contributed by atoms with Crippen molar-refractivity contribution in [3.8, 4) is 0 Å². The van der Waals surface area contributed by atoms with Crippen LogP contribution in [-0.4, -0.2) is 21.3 Å². The SMILES string of the molecule is CCCn1ncc(Cl)c1C(NCC)c1ccncc1CC. The van der Waals surface area contributed by atoms with Gasteiger partial charge in [0.05, 0.1) is 23.0 Å². The molecule has 114 valence electrons. The summed E-state index contributed by atoms with van der Waals surface area (Å²) in [6.07, 6.45) is 7.50. The van der Waals surface area contributed by atoms with Gasteiger partial charge in [-0.25, -0.2) is 0 Å². The van der Waals surface area contributed by atoms with Crippen molar-refractivity contribution in [1.29, 1.82) is 0 Å². The van der Waals surface area contributed by atoms with Gasteiger partial charge in [-0.2, -0.15) is 5.10 Å². The molecular weight excluding hydrogens is 284 g/mol. The number of hydrogen-bond acceptors (Lipinski definition) is 3. The van der Waals surface area contributed by atoms with Gasteiger partial charge in [0.15, 0.2) is 0 Å². The van der Waals surface area contributed by atoms with Gasteiger partial charge in [-0.1, -0.05) is 32.4 Å². The summed E-state index contributed by atoms with van der Waals surface area (Å²) in [5.74, 6) is 0.